The summed E-state index contributed by atoms with van der Waals surface area (Å²) >= 11 is 0. The van der Waals surface area contributed by atoms with Crippen LogP contribution in [0.5, 0.6) is 0 Å². The second-order valence-electron chi connectivity index (χ2n) is 23.1. The molecular weight excluding hydrogens is 1020 g/mol. The Bertz CT molecular complexity index is 1700. The minimum absolute atomic E-state index is 0.0994. The average Bonchev–Trinajstić information content (AvgIpc) is 3.50. The molecule has 474 valence electrons. The zero-order valence-electron chi connectivity index (χ0n) is 54.4. The molecule has 1 unspecified atom stereocenters. The molecule has 0 rings (SSSR count). The fourth-order valence-corrected chi connectivity index (χ4v) is 9.74. The second kappa shape index (κ2) is 70.3. The van der Waals surface area contributed by atoms with Crippen molar-refractivity contribution in [2.24, 2.45) is 0 Å². The molecule has 0 aliphatic carbocycles. The van der Waals surface area contributed by atoms with Crippen LogP contribution in [0, 0.1) is 0 Å². The van der Waals surface area contributed by atoms with Gasteiger partial charge >= 0.3 is 17.9 Å². The van der Waals surface area contributed by atoms with Gasteiger partial charge in [0.25, 0.3) is 0 Å². The number of carbonyl (C=O) groups is 3. The molecule has 0 amide bonds. The Morgan fingerprint density at radius 1 is 0.253 bits per heavy atom. The first-order valence-corrected chi connectivity index (χ1v) is 35.0. The van der Waals surface area contributed by atoms with Crippen molar-refractivity contribution >= 4 is 17.9 Å². The van der Waals surface area contributed by atoms with E-state index in [1.165, 1.54) is 173 Å². The smallest absolute Gasteiger partial charge is 0.306 e. The Kier molecular flexibility index (Phi) is 66.7. The highest BCUT2D eigenvalue weighted by molar-refractivity contribution is 5.71. The lowest BCUT2D eigenvalue weighted by molar-refractivity contribution is -0.167. The van der Waals surface area contributed by atoms with E-state index in [0.717, 1.165) is 109 Å². The molecule has 0 heterocycles. The van der Waals surface area contributed by atoms with E-state index in [1.807, 2.05) is 0 Å². The lowest BCUT2D eigenvalue weighted by Gasteiger charge is -2.18. The van der Waals surface area contributed by atoms with Gasteiger partial charge in [0.2, 0.25) is 0 Å². The lowest BCUT2D eigenvalue weighted by atomic mass is 10.0. The maximum atomic E-state index is 13.0. The van der Waals surface area contributed by atoms with E-state index in [0.29, 0.717) is 19.3 Å². The molecule has 0 bridgehead atoms. The van der Waals surface area contributed by atoms with Crippen molar-refractivity contribution < 1.29 is 28.6 Å². The number of carbonyl (C=O) groups excluding carboxylic acids is 3. The topological polar surface area (TPSA) is 78.9 Å². The van der Waals surface area contributed by atoms with Gasteiger partial charge < -0.3 is 14.2 Å². The number of allylic oxidation sites excluding steroid dienone is 20. The summed E-state index contributed by atoms with van der Waals surface area (Å²) in [4.78, 5) is 38.4. The van der Waals surface area contributed by atoms with Crippen LogP contribution in [0.3, 0.4) is 0 Å². The van der Waals surface area contributed by atoms with E-state index in [4.69, 9.17) is 14.2 Å². The van der Waals surface area contributed by atoms with Gasteiger partial charge in [0, 0.05) is 19.3 Å². The van der Waals surface area contributed by atoms with Gasteiger partial charge in [0.15, 0.2) is 6.10 Å². The Balaban J connectivity index is 4.45. The SMILES string of the molecule is CC/C=C\C/C=C\C/C=C\C/C=C\C/C=C\C/C=C\C/C=C\C/C=C\C/C=C\CCCC(=O)OCC(COC(=O)CCCCCCC/C=C\CCCCCCCCC)OC(=O)CCCCCCCCCCCCCCCCCCCCCC. The highest BCUT2D eigenvalue weighted by Gasteiger charge is 2.19. The van der Waals surface area contributed by atoms with Crippen molar-refractivity contribution in [2.75, 3.05) is 13.2 Å². The minimum atomic E-state index is -0.808. The highest BCUT2D eigenvalue weighted by atomic mass is 16.6. The van der Waals surface area contributed by atoms with E-state index in [1.54, 1.807) is 0 Å². The molecule has 0 spiro atoms. The number of rotatable bonds is 63. The summed E-state index contributed by atoms with van der Waals surface area (Å²) < 4.78 is 16.9. The molecule has 1 atom stereocenters. The highest BCUT2D eigenvalue weighted by Crippen LogP contribution is 2.17. The van der Waals surface area contributed by atoms with Crippen LogP contribution in [-0.2, 0) is 28.6 Å². The van der Waals surface area contributed by atoms with Crippen LogP contribution < -0.4 is 0 Å². The Morgan fingerprint density at radius 3 is 0.795 bits per heavy atom. The van der Waals surface area contributed by atoms with Crippen molar-refractivity contribution in [3.05, 3.63) is 122 Å². The molecule has 0 radical (unpaired) electrons. The van der Waals surface area contributed by atoms with E-state index in [-0.39, 0.29) is 37.5 Å². The van der Waals surface area contributed by atoms with Crippen LogP contribution >= 0.6 is 0 Å². The Morgan fingerprint density at radius 2 is 0.482 bits per heavy atom. The summed E-state index contributed by atoms with van der Waals surface area (Å²) in [6, 6.07) is 0. The van der Waals surface area contributed by atoms with Crippen LogP contribution in [0.1, 0.15) is 329 Å². The monoisotopic (exact) mass is 1150 g/mol. The summed E-state index contributed by atoms with van der Waals surface area (Å²) in [5, 5.41) is 0. The number of unbranched alkanes of at least 4 members (excludes halogenated alkanes) is 32. The minimum Gasteiger partial charge on any atom is -0.462 e. The van der Waals surface area contributed by atoms with Crippen molar-refractivity contribution in [3.8, 4) is 0 Å². The van der Waals surface area contributed by atoms with E-state index < -0.39 is 6.10 Å². The van der Waals surface area contributed by atoms with Crippen molar-refractivity contribution in [1.82, 2.24) is 0 Å². The molecule has 83 heavy (non-hydrogen) atoms. The number of esters is 3. The van der Waals surface area contributed by atoms with Crippen LogP contribution in [0.25, 0.3) is 0 Å². The third kappa shape index (κ3) is 68.5. The second-order valence-corrected chi connectivity index (χ2v) is 23.1. The van der Waals surface area contributed by atoms with Gasteiger partial charge in [0.05, 0.1) is 0 Å². The maximum absolute atomic E-state index is 13.0. The predicted molar refractivity (Wildman–Crippen MR) is 362 cm³/mol. The average molecular weight is 1150 g/mol. The third-order valence-electron chi connectivity index (χ3n) is 15.0. The zero-order valence-corrected chi connectivity index (χ0v) is 54.4. The van der Waals surface area contributed by atoms with E-state index in [2.05, 4.69) is 142 Å². The van der Waals surface area contributed by atoms with Crippen LogP contribution in [0.15, 0.2) is 122 Å². The summed E-state index contributed by atoms with van der Waals surface area (Å²) in [7, 11) is 0. The number of hydrogen-bond acceptors (Lipinski definition) is 6. The maximum Gasteiger partial charge on any atom is 0.306 e. The van der Waals surface area contributed by atoms with E-state index >= 15 is 0 Å². The first-order chi connectivity index (χ1) is 41.0. The lowest BCUT2D eigenvalue weighted by Crippen LogP contribution is -2.30. The molecule has 0 aliphatic rings. The van der Waals surface area contributed by atoms with Crippen molar-refractivity contribution in [1.29, 1.82) is 0 Å². The third-order valence-corrected chi connectivity index (χ3v) is 15.0. The molecule has 0 saturated carbocycles. The number of ether oxygens (including phenoxy) is 3. The molecule has 0 aliphatic heterocycles. The van der Waals surface area contributed by atoms with Crippen LogP contribution in [-0.4, -0.2) is 37.2 Å². The predicted octanol–water partition coefficient (Wildman–Crippen LogP) is 24.3. The van der Waals surface area contributed by atoms with Gasteiger partial charge in [-0.3, -0.25) is 14.4 Å². The first kappa shape index (κ1) is 78.8. The fourth-order valence-electron chi connectivity index (χ4n) is 9.74. The van der Waals surface area contributed by atoms with Crippen molar-refractivity contribution in [2.45, 2.75) is 335 Å². The largest absolute Gasteiger partial charge is 0.462 e. The summed E-state index contributed by atoms with van der Waals surface area (Å²) in [6.45, 7) is 6.51. The van der Waals surface area contributed by atoms with Gasteiger partial charge in [-0.25, -0.2) is 0 Å². The summed E-state index contributed by atoms with van der Waals surface area (Å²) in [5.74, 6) is -0.956. The quantitative estimate of drug-likeness (QED) is 0.0261. The molecule has 0 aromatic rings. The van der Waals surface area contributed by atoms with Crippen LogP contribution in [0.2, 0.25) is 0 Å². The van der Waals surface area contributed by atoms with Gasteiger partial charge in [-0.05, 0) is 109 Å². The van der Waals surface area contributed by atoms with Gasteiger partial charge in [-0.1, -0.05) is 322 Å². The molecular formula is C77H130O6. The summed E-state index contributed by atoms with van der Waals surface area (Å²) in [6.07, 6.45) is 97.9. The first-order valence-electron chi connectivity index (χ1n) is 35.0. The van der Waals surface area contributed by atoms with E-state index in [9.17, 15) is 14.4 Å². The molecule has 0 saturated heterocycles. The van der Waals surface area contributed by atoms with Crippen molar-refractivity contribution in [3.63, 3.8) is 0 Å². The fraction of sp³-hybridized carbons (Fsp3) is 0.701. The molecule has 6 heteroatoms. The van der Waals surface area contributed by atoms with Gasteiger partial charge in [0.1, 0.15) is 13.2 Å². The molecule has 0 fully saturated rings. The van der Waals surface area contributed by atoms with Gasteiger partial charge in [-0.2, -0.15) is 0 Å². The van der Waals surface area contributed by atoms with Crippen LogP contribution in [0.4, 0.5) is 0 Å². The normalized spacial score (nSPS) is 12.9. The summed E-state index contributed by atoms with van der Waals surface area (Å²) in [5.41, 5.74) is 0. The Hall–Kier alpha value is -4.19. The Labute approximate surface area is 513 Å². The zero-order chi connectivity index (χ0) is 59.9. The molecule has 0 N–H and O–H groups in total. The molecule has 6 nitrogen and oxygen atoms in total. The molecule has 0 aromatic heterocycles. The standard InChI is InChI=1S/C77H130O6/c1-4-7-10-13-16-19-22-25-28-31-33-35-36-37-38-39-40-41-42-43-45-46-49-52-55-58-61-64-67-70-76(79)82-73-74(72-81-75(78)69-66-63-60-57-54-51-48-30-27-24-21-18-15-12-9-6-3)83-77(80)71-68-65-62-59-56-53-50-47-44-34-32-29-26-23-20-17-14-11-8-5-2/h7,10,16,19,25,28,30,33,35,37-38,40-41,43,45,48-49,52,58,61,74H,4-6,8-9,11-15,17-18,20-24,26-27,29,31-32,34,36,39,42,44,46-47,50-51,53-57,59-60,62-73H2,1-3H3/b10-7-,19-16-,28-25-,35-33-,38-37-,41-40-,45-43-,48-30-,52-49-,61-58-. The van der Waals surface area contributed by atoms with Gasteiger partial charge in [-0.15, -0.1) is 0 Å². The number of hydrogen-bond donors (Lipinski definition) is 0. The molecule has 0 aromatic carbocycles.